The number of nitrogens with zero attached hydrogens (tertiary/aromatic N) is 6. The van der Waals surface area contributed by atoms with Crippen LogP contribution in [0.3, 0.4) is 0 Å². The summed E-state index contributed by atoms with van der Waals surface area (Å²) in [6.07, 6.45) is 0.853. The minimum Gasteiger partial charge on any atom is -0.369 e. The van der Waals surface area contributed by atoms with Gasteiger partial charge in [0.1, 0.15) is 6.04 Å². The smallest absolute Gasteiger partial charge is 0.253 e. The minimum atomic E-state index is -0.381. The number of hydrogen-bond donors (Lipinski definition) is 1. The maximum atomic E-state index is 13.6. The van der Waals surface area contributed by atoms with Gasteiger partial charge >= 0.3 is 0 Å². The van der Waals surface area contributed by atoms with Crippen LogP contribution in [0.1, 0.15) is 61.3 Å². The van der Waals surface area contributed by atoms with Gasteiger partial charge in [0.2, 0.25) is 0 Å². The van der Waals surface area contributed by atoms with Crippen LogP contribution in [0, 0.1) is 20.8 Å². The summed E-state index contributed by atoms with van der Waals surface area (Å²) in [7, 11) is 0. The van der Waals surface area contributed by atoms with Crippen molar-refractivity contribution in [2.45, 2.75) is 59.5 Å². The van der Waals surface area contributed by atoms with Gasteiger partial charge in [0.25, 0.3) is 5.56 Å². The molecule has 0 aliphatic carbocycles. The normalized spacial score (nSPS) is 15.8. The summed E-state index contributed by atoms with van der Waals surface area (Å²) in [4.78, 5) is 21.5. The van der Waals surface area contributed by atoms with Crippen molar-refractivity contribution in [2.24, 2.45) is 0 Å². The Kier molecular flexibility index (Phi) is 7.05. The van der Waals surface area contributed by atoms with Gasteiger partial charge in [-0.1, -0.05) is 24.6 Å². The summed E-state index contributed by atoms with van der Waals surface area (Å²) in [6.45, 7) is 15.8. The number of anilines is 1. The molecule has 1 N–H and O–H groups in total. The van der Waals surface area contributed by atoms with Crippen molar-refractivity contribution in [3.8, 4) is 0 Å². The summed E-state index contributed by atoms with van der Waals surface area (Å²) >= 11 is 6.32. The highest BCUT2D eigenvalue weighted by molar-refractivity contribution is 6.30. The first kappa shape index (κ1) is 26.4. The number of hydrogen-bond acceptors (Lipinski definition) is 6. The van der Waals surface area contributed by atoms with E-state index < -0.39 is 0 Å². The molecule has 0 amide bonds. The third-order valence-corrected chi connectivity index (χ3v) is 8.39. The van der Waals surface area contributed by atoms with Crippen LogP contribution in [0.2, 0.25) is 5.02 Å². The van der Waals surface area contributed by atoms with Crippen molar-refractivity contribution >= 4 is 28.2 Å². The Hall–Kier alpha value is -3.23. The molecule has 38 heavy (non-hydrogen) atoms. The molecule has 0 spiro atoms. The van der Waals surface area contributed by atoms with E-state index in [-0.39, 0.29) is 17.1 Å². The molecule has 5 rings (SSSR count). The third kappa shape index (κ3) is 4.83. The van der Waals surface area contributed by atoms with Gasteiger partial charge in [0.15, 0.2) is 5.82 Å². The van der Waals surface area contributed by atoms with Crippen LogP contribution in [-0.4, -0.2) is 56.3 Å². The van der Waals surface area contributed by atoms with E-state index in [9.17, 15) is 4.79 Å². The molecule has 2 aromatic carbocycles. The zero-order valence-electron chi connectivity index (χ0n) is 23.0. The van der Waals surface area contributed by atoms with Crippen molar-refractivity contribution in [2.75, 3.05) is 31.1 Å². The SMILES string of the molecule is CCC(C)(C)n1nnnc1C(c1cc2cc(C)c(C)cc2[nH]c1=O)N1CCN(c2cc(Cl)ccc2C)CC1. The van der Waals surface area contributed by atoms with E-state index in [1.807, 2.05) is 28.9 Å². The number of benzene rings is 2. The van der Waals surface area contributed by atoms with Gasteiger partial charge in [-0.2, -0.15) is 0 Å². The number of nitrogens with one attached hydrogen (secondary N) is 1. The number of H-pyrrole nitrogens is 1. The first-order chi connectivity index (χ1) is 18.1. The minimum absolute atomic E-state index is 0.109. The Morgan fingerprint density at radius 2 is 1.71 bits per heavy atom. The number of fused-ring (bicyclic) bond motifs is 1. The molecule has 1 saturated heterocycles. The van der Waals surface area contributed by atoms with E-state index in [4.69, 9.17) is 11.6 Å². The van der Waals surface area contributed by atoms with E-state index in [1.165, 1.54) is 11.1 Å². The summed E-state index contributed by atoms with van der Waals surface area (Å²) < 4.78 is 1.90. The average molecular weight is 534 g/mol. The number of pyridine rings is 1. The number of rotatable bonds is 6. The number of halogens is 1. The van der Waals surface area contributed by atoms with Crippen LogP contribution in [-0.2, 0) is 5.54 Å². The van der Waals surface area contributed by atoms with Gasteiger partial charge in [-0.05, 0) is 104 Å². The molecular formula is C29H36ClN7O. The molecule has 9 heteroatoms. The predicted octanol–water partition coefficient (Wildman–Crippen LogP) is 5.15. The molecule has 1 aliphatic heterocycles. The lowest BCUT2D eigenvalue weighted by atomic mass is 9.98. The number of piperazine rings is 1. The third-order valence-electron chi connectivity index (χ3n) is 8.15. The second kappa shape index (κ2) is 10.2. The van der Waals surface area contributed by atoms with Gasteiger partial charge < -0.3 is 9.88 Å². The molecule has 1 aliphatic rings. The van der Waals surface area contributed by atoms with E-state index in [0.29, 0.717) is 11.4 Å². The highest BCUT2D eigenvalue weighted by Gasteiger charge is 2.36. The van der Waals surface area contributed by atoms with Crippen molar-refractivity contribution < 1.29 is 0 Å². The molecule has 0 saturated carbocycles. The highest BCUT2D eigenvalue weighted by atomic mass is 35.5. The summed E-state index contributed by atoms with van der Waals surface area (Å²) in [6, 6.07) is 11.8. The Morgan fingerprint density at radius 1 is 1.00 bits per heavy atom. The lowest BCUT2D eigenvalue weighted by molar-refractivity contribution is 0.186. The first-order valence-corrected chi connectivity index (χ1v) is 13.6. The second-order valence-electron chi connectivity index (χ2n) is 11.0. The van der Waals surface area contributed by atoms with E-state index in [2.05, 4.69) is 84.0 Å². The standard InChI is InChI=1S/C29H36ClN7O/c1-7-29(5,6)37-27(32-33-34-37)26(23-16-21-14-19(3)20(4)15-24(21)31-28(23)38)36-12-10-35(11-13-36)25-17-22(30)9-8-18(25)2/h8-9,14-17,26H,7,10-13H2,1-6H3,(H,31,38). The quantitative estimate of drug-likeness (QED) is 0.369. The summed E-state index contributed by atoms with van der Waals surface area (Å²) in [5.74, 6) is 0.693. The summed E-state index contributed by atoms with van der Waals surface area (Å²) in [5, 5.41) is 14.7. The molecule has 3 heterocycles. The Labute approximate surface area is 228 Å². The van der Waals surface area contributed by atoms with Crippen LogP contribution in [0.4, 0.5) is 5.69 Å². The molecular weight excluding hydrogens is 498 g/mol. The van der Waals surface area contributed by atoms with E-state index in [0.717, 1.165) is 59.8 Å². The summed E-state index contributed by atoms with van der Waals surface area (Å²) in [5.41, 5.74) is 5.79. The molecule has 200 valence electrons. The fraction of sp³-hybridized carbons (Fsp3) is 0.448. The molecule has 8 nitrogen and oxygen atoms in total. The van der Waals surface area contributed by atoms with Crippen molar-refractivity contribution in [3.05, 3.63) is 79.9 Å². The average Bonchev–Trinajstić information content (AvgIpc) is 3.38. The van der Waals surface area contributed by atoms with Crippen LogP contribution < -0.4 is 10.5 Å². The Balaban J connectivity index is 1.58. The van der Waals surface area contributed by atoms with E-state index >= 15 is 0 Å². The number of aromatic amines is 1. The number of aromatic nitrogens is 5. The van der Waals surface area contributed by atoms with Crippen molar-refractivity contribution in [1.29, 1.82) is 0 Å². The van der Waals surface area contributed by atoms with Gasteiger partial charge in [0.05, 0.1) is 5.54 Å². The topological polar surface area (TPSA) is 82.9 Å². The molecule has 0 bridgehead atoms. The van der Waals surface area contributed by atoms with Crippen LogP contribution >= 0.6 is 11.6 Å². The largest absolute Gasteiger partial charge is 0.369 e. The monoisotopic (exact) mass is 533 g/mol. The molecule has 1 fully saturated rings. The molecule has 0 radical (unpaired) electrons. The van der Waals surface area contributed by atoms with Gasteiger partial charge in [-0.25, -0.2) is 4.68 Å². The Bertz CT molecular complexity index is 1530. The van der Waals surface area contributed by atoms with Gasteiger partial charge in [-0.15, -0.1) is 5.10 Å². The van der Waals surface area contributed by atoms with Crippen LogP contribution in [0.25, 0.3) is 10.9 Å². The van der Waals surface area contributed by atoms with Gasteiger partial charge in [0, 0.05) is 48.0 Å². The van der Waals surface area contributed by atoms with Crippen LogP contribution in [0.15, 0.2) is 41.2 Å². The number of aryl methyl sites for hydroxylation is 3. The molecule has 1 unspecified atom stereocenters. The highest BCUT2D eigenvalue weighted by Crippen LogP contribution is 2.33. The second-order valence-corrected chi connectivity index (χ2v) is 11.5. The Morgan fingerprint density at radius 3 is 2.42 bits per heavy atom. The number of tetrazole rings is 1. The molecule has 1 atom stereocenters. The molecule has 4 aromatic rings. The first-order valence-electron chi connectivity index (χ1n) is 13.3. The fourth-order valence-corrected chi connectivity index (χ4v) is 5.45. The maximum absolute atomic E-state index is 13.6. The zero-order chi connectivity index (χ0) is 27.2. The van der Waals surface area contributed by atoms with Crippen molar-refractivity contribution in [3.63, 3.8) is 0 Å². The lowest BCUT2D eigenvalue weighted by Crippen LogP contribution is -2.49. The van der Waals surface area contributed by atoms with Gasteiger partial charge in [-0.3, -0.25) is 9.69 Å². The lowest BCUT2D eigenvalue weighted by Gasteiger charge is -2.40. The maximum Gasteiger partial charge on any atom is 0.253 e. The van der Waals surface area contributed by atoms with Crippen LogP contribution in [0.5, 0.6) is 0 Å². The zero-order valence-corrected chi connectivity index (χ0v) is 23.8. The predicted molar refractivity (Wildman–Crippen MR) is 153 cm³/mol. The van der Waals surface area contributed by atoms with E-state index in [1.54, 1.807) is 0 Å². The van der Waals surface area contributed by atoms with Crippen molar-refractivity contribution in [1.82, 2.24) is 30.1 Å². The fourth-order valence-electron chi connectivity index (χ4n) is 5.29. The molecule has 2 aromatic heterocycles.